The Bertz CT molecular complexity index is 1100. The van der Waals surface area contributed by atoms with Crippen LogP contribution in [0.2, 0.25) is 0 Å². The van der Waals surface area contributed by atoms with E-state index in [1.165, 1.54) is 58.7 Å². The van der Waals surface area contributed by atoms with Gasteiger partial charge in [-0.05, 0) is 36.6 Å². The Hall–Kier alpha value is -1.76. The molecule has 1 nitrogen and oxygen atoms in total. The number of para-hydroxylation sites is 1. The molecule has 1 aromatic heterocycles. The standard InChI is InChI=1S/C20H16N.C5H5.CH3Cl.Zr/c1-2-7-15-13-16(12-14(15)6-1)21-19-10-4-3-8-17(19)18-9-5-11-20(18)21;1-2-4-5-3-1;1-2;/h1-4,6-8,10,12-13H,5,9,11H2;1-3H,4H2;1H3;/q2*-1;;+2. The molecule has 0 amide bonds. The maximum atomic E-state index is 4.64. The molecule has 4 aromatic rings. The van der Waals surface area contributed by atoms with Crippen molar-refractivity contribution < 1.29 is 26.2 Å². The van der Waals surface area contributed by atoms with Crippen molar-refractivity contribution in [3.05, 3.63) is 96.2 Å². The van der Waals surface area contributed by atoms with Gasteiger partial charge in [0, 0.05) is 17.5 Å². The van der Waals surface area contributed by atoms with E-state index in [1.54, 1.807) is 5.56 Å². The van der Waals surface area contributed by atoms with Crippen molar-refractivity contribution in [1.29, 1.82) is 0 Å². The molecule has 144 valence electrons. The Morgan fingerprint density at radius 1 is 1.00 bits per heavy atom. The largest absolute Gasteiger partial charge is 2.00 e. The fourth-order valence-corrected chi connectivity index (χ4v) is 4.23. The SMILES string of the molecule is CCl.[C-]1=CC=CC1.[Zr+2].c1ccc2[cH-]c(-n3c4c(c5ccccc53)CCC4)cc2c1. The van der Waals surface area contributed by atoms with Crippen LogP contribution < -0.4 is 0 Å². The van der Waals surface area contributed by atoms with E-state index in [4.69, 9.17) is 0 Å². The van der Waals surface area contributed by atoms with Crippen LogP contribution in [0, 0.1) is 6.08 Å². The first kappa shape index (κ1) is 21.9. The van der Waals surface area contributed by atoms with Crippen LogP contribution in [0.1, 0.15) is 24.1 Å². The van der Waals surface area contributed by atoms with E-state index < -0.39 is 0 Å². The fraction of sp³-hybridized carbons (Fsp3) is 0.192. The molecule has 6 rings (SSSR count). The van der Waals surface area contributed by atoms with Crippen LogP contribution in [0.15, 0.2) is 78.9 Å². The third-order valence-corrected chi connectivity index (χ3v) is 5.38. The number of aromatic nitrogens is 1. The van der Waals surface area contributed by atoms with Gasteiger partial charge in [0.1, 0.15) is 0 Å². The molecular formula is C26H24ClNZr. The normalized spacial score (nSPS) is 13.4. The van der Waals surface area contributed by atoms with Gasteiger partial charge < -0.3 is 4.57 Å². The number of benzene rings is 2. The van der Waals surface area contributed by atoms with Gasteiger partial charge in [-0.2, -0.15) is 6.08 Å². The summed E-state index contributed by atoms with van der Waals surface area (Å²) < 4.78 is 2.48. The molecule has 3 aromatic carbocycles. The topological polar surface area (TPSA) is 4.93 Å². The van der Waals surface area contributed by atoms with Gasteiger partial charge in [-0.15, -0.1) is 59.1 Å². The predicted molar refractivity (Wildman–Crippen MR) is 122 cm³/mol. The second-order valence-electron chi connectivity index (χ2n) is 6.98. The van der Waals surface area contributed by atoms with Crippen LogP contribution in [0.5, 0.6) is 0 Å². The average Bonchev–Trinajstić information content (AvgIpc) is 3.54. The minimum absolute atomic E-state index is 0. The molecule has 0 saturated heterocycles. The summed E-state index contributed by atoms with van der Waals surface area (Å²) in [5, 5.41) is 4.10. The van der Waals surface area contributed by atoms with Crippen molar-refractivity contribution >= 4 is 33.3 Å². The minimum atomic E-state index is 0. The number of fused-ring (bicyclic) bond motifs is 4. The molecule has 2 aliphatic rings. The average molecular weight is 477 g/mol. The number of rotatable bonds is 1. The maximum Gasteiger partial charge on any atom is 2.00 e. The molecule has 0 radical (unpaired) electrons. The van der Waals surface area contributed by atoms with Crippen LogP contribution in [0.3, 0.4) is 0 Å². The summed E-state index contributed by atoms with van der Waals surface area (Å²) in [6, 6.07) is 22.1. The third-order valence-electron chi connectivity index (χ3n) is 5.38. The zero-order chi connectivity index (χ0) is 19.3. The number of hydrogen-bond acceptors (Lipinski definition) is 0. The first-order valence-corrected chi connectivity index (χ1v) is 10.5. The second-order valence-corrected chi connectivity index (χ2v) is 6.98. The van der Waals surface area contributed by atoms with Crippen molar-refractivity contribution in [2.24, 2.45) is 0 Å². The Morgan fingerprint density at radius 2 is 1.79 bits per heavy atom. The van der Waals surface area contributed by atoms with Gasteiger partial charge in [0.15, 0.2) is 0 Å². The molecule has 0 aliphatic heterocycles. The van der Waals surface area contributed by atoms with Crippen molar-refractivity contribution in [3.8, 4) is 5.69 Å². The summed E-state index contributed by atoms with van der Waals surface area (Å²) in [7, 11) is 0. The molecule has 0 unspecified atom stereocenters. The molecule has 0 fully saturated rings. The van der Waals surface area contributed by atoms with Gasteiger partial charge in [0.25, 0.3) is 0 Å². The monoisotopic (exact) mass is 475 g/mol. The molecule has 1 heterocycles. The summed E-state index contributed by atoms with van der Waals surface area (Å²) in [5.74, 6) is 0. The second kappa shape index (κ2) is 10.3. The molecule has 2 aliphatic carbocycles. The van der Waals surface area contributed by atoms with Crippen molar-refractivity contribution in [2.45, 2.75) is 25.7 Å². The van der Waals surface area contributed by atoms with Gasteiger partial charge in [-0.3, -0.25) is 6.08 Å². The first-order chi connectivity index (χ1) is 13.9. The van der Waals surface area contributed by atoms with Crippen LogP contribution in [-0.4, -0.2) is 11.0 Å². The number of nitrogens with zero attached hydrogens (tertiary/aromatic N) is 1. The van der Waals surface area contributed by atoms with E-state index in [-0.39, 0.29) is 26.2 Å². The number of allylic oxidation sites excluding steroid dienone is 4. The van der Waals surface area contributed by atoms with E-state index in [9.17, 15) is 0 Å². The molecule has 0 saturated carbocycles. The molecule has 3 heteroatoms. The Morgan fingerprint density at radius 3 is 2.52 bits per heavy atom. The molecule has 0 atom stereocenters. The van der Waals surface area contributed by atoms with Crippen LogP contribution in [-0.2, 0) is 39.0 Å². The summed E-state index contributed by atoms with van der Waals surface area (Å²) in [5.41, 5.74) is 5.76. The van der Waals surface area contributed by atoms with E-state index in [0.717, 1.165) is 6.42 Å². The van der Waals surface area contributed by atoms with Gasteiger partial charge in [0.2, 0.25) is 0 Å². The first-order valence-electron chi connectivity index (χ1n) is 9.78. The van der Waals surface area contributed by atoms with Crippen molar-refractivity contribution in [1.82, 2.24) is 4.57 Å². The zero-order valence-corrected chi connectivity index (χ0v) is 19.9. The van der Waals surface area contributed by atoms with E-state index in [0.29, 0.717) is 0 Å². The van der Waals surface area contributed by atoms with Gasteiger partial charge >= 0.3 is 26.2 Å². The number of alkyl halides is 1. The number of halogens is 1. The fourth-order valence-electron chi connectivity index (χ4n) is 4.23. The van der Waals surface area contributed by atoms with Crippen LogP contribution >= 0.6 is 11.6 Å². The van der Waals surface area contributed by atoms with Crippen LogP contribution in [0.4, 0.5) is 0 Å². The summed E-state index contributed by atoms with van der Waals surface area (Å²) >= 11 is 4.64. The zero-order valence-electron chi connectivity index (χ0n) is 16.7. The van der Waals surface area contributed by atoms with Crippen molar-refractivity contribution in [2.75, 3.05) is 6.38 Å². The maximum absolute atomic E-state index is 4.64. The predicted octanol–water partition coefficient (Wildman–Crippen LogP) is 7.15. The van der Waals surface area contributed by atoms with Crippen LogP contribution in [0.25, 0.3) is 27.4 Å². The van der Waals surface area contributed by atoms with E-state index in [1.807, 2.05) is 12.2 Å². The Balaban J connectivity index is 0.000000261. The summed E-state index contributed by atoms with van der Waals surface area (Å²) in [4.78, 5) is 0. The molecule has 0 N–H and O–H groups in total. The van der Waals surface area contributed by atoms with Gasteiger partial charge in [-0.1, -0.05) is 24.3 Å². The minimum Gasteiger partial charge on any atom is -0.332 e. The summed E-state index contributed by atoms with van der Waals surface area (Å²) in [6.07, 6.45) is 15.2. The molecular weight excluding hydrogens is 453 g/mol. The Labute approximate surface area is 197 Å². The number of aryl methyl sites for hydroxylation is 1. The molecule has 29 heavy (non-hydrogen) atoms. The van der Waals surface area contributed by atoms with Gasteiger partial charge in [0.05, 0.1) is 5.52 Å². The number of hydrogen-bond donors (Lipinski definition) is 0. The molecule has 0 bridgehead atoms. The quantitative estimate of drug-likeness (QED) is 0.203. The van der Waals surface area contributed by atoms with Gasteiger partial charge in [-0.25, -0.2) is 12.2 Å². The van der Waals surface area contributed by atoms with Crippen molar-refractivity contribution in [3.63, 3.8) is 0 Å². The third kappa shape index (κ3) is 4.39. The van der Waals surface area contributed by atoms with E-state index >= 15 is 0 Å². The Kier molecular flexibility index (Phi) is 7.81. The summed E-state index contributed by atoms with van der Waals surface area (Å²) in [6.45, 7) is 0. The smallest absolute Gasteiger partial charge is 0.332 e. The van der Waals surface area contributed by atoms with E-state index in [2.05, 4.69) is 89.0 Å². The molecule has 0 spiro atoms.